The van der Waals surface area contributed by atoms with Gasteiger partial charge >= 0.3 is 0 Å². The number of nitrogens with zero attached hydrogens (tertiary/aromatic N) is 2. The lowest BCUT2D eigenvalue weighted by Gasteiger charge is -2.13. The zero-order valence-corrected chi connectivity index (χ0v) is 10.7. The molecule has 3 N–H and O–H groups in total. The molecule has 0 aliphatic heterocycles. The van der Waals surface area contributed by atoms with Gasteiger partial charge in [0.2, 0.25) is 5.75 Å². The molecular weight excluding hydrogens is 250 g/mol. The number of benzene rings is 1. The monoisotopic (exact) mass is 265 g/mol. The molecule has 0 amide bonds. The van der Waals surface area contributed by atoms with Gasteiger partial charge in [0.15, 0.2) is 11.5 Å². The molecule has 0 atom stereocenters. The van der Waals surface area contributed by atoms with E-state index < -0.39 is 0 Å². The number of anilines is 1. The maximum Gasteiger partial charge on any atom is 0.205 e. The molecule has 0 spiro atoms. The van der Waals surface area contributed by atoms with E-state index in [0.717, 1.165) is 0 Å². The van der Waals surface area contributed by atoms with Gasteiger partial charge in [0.1, 0.15) is 17.7 Å². The highest BCUT2D eigenvalue weighted by Gasteiger charge is 2.17. The molecule has 0 aliphatic carbocycles. The molecule has 19 heavy (non-hydrogen) atoms. The summed E-state index contributed by atoms with van der Waals surface area (Å²) in [6, 6.07) is 1.67. The summed E-state index contributed by atoms with van der Waals surface area (Å²) in [4.78, 5) is 8.11. The fourth-order valence-corrected chi connectivity index (χ4v) is 1.81. The summed E-state index contributed by atoms with van der Waals surface area (Å²) in [5, 5.41) is 22.5. The quantitative estimate of drug-likeness (QED) is 0.734. The van der Waals surface area contributed by atoms with Crippen molar-refractivity contribution in [1.82, 2.24) is 9.97 Å². The van der Waals surface area contributed by atoms with Crippen molar-refractivity contribution in [2.45, 2.75) is 0 Å². The fourth-order valence-electron chi connectivity index (χ4n) is 1.81. The number of phenols is 1. The van der Waals surface area contributed by atoms with Gasteiger partial charge in [-0.05, 0) is 6.07 Å². The van der Waals surface area contributed by atoms with E-state index in [1.807, 2.05) is 0 Å². The summed E-state index contributed by atoms with van der Waals surface area (Å²) < 4.78 is 10.3. The van der Waals surface area contributed by atoms with E-state index in [2.05, 4.69) is 15.3 Å². The predicted molar refractivity (Wildman–Crippen MR) is 69.9 cm³/mol. The van der Waals surface area contributed by atoms with Gasteiger partial charge in [-0.15, -0.1) is 0 Å². The van der Waals surface area contributed by atoms with E-state index >= 15 is 0 Å². The van der Waals surface area contributed by atoms with Gasteiger partial charge in [-0.3, -0.25) is 0 Å². The van der Waals surface area contributed by atoms with Crippen LogP contribution in [-0.4, -0.2) is 47.6 Å². The van der Waals surface area contributed by atoms with Crippen molar-refractivity contribution in [3.8, 4) is 17.2 Å². The normalized spacial score (nSPS) is 10.5. The van der Waals surface area contributed by atoms with E-state index in [4.69, 9.17) is 14.6 Å². The first-order valence-corrected chi connectivity index (χ1v) is 5.66. The number of fused-ring (bicyclic) bond motifs is 1. The zero-order chi connectivity index (χ0) is 13.8. The summed E-state index contributed by atoms with van der Waals surface area (Å²) in [6.07, 6.45) is 1.33. The lowest BCUT2D eigenvalue weighted by molar-refractivity contribution is 0.311. The van der Waals surface area contributed by atoms with Crippen LogP contribution >= 0.6 is 0 Å². The molecule has 7 nitrogen and oxygen atoms in total. The number of hydrogen-bond acceptors (Lipinski definition) is 7. The highest BCUT2D eigenvalue weighted by atomic mass is 16.5. The predicted octanol–water partition coefficient (Wildman–Crippen LogP) is 0.757. The summed E-state index contributed by atoms with van der Waals surface area (Å²) in [5.41, 5.74) is 0.355. The summed E-state index contributed by atoms with van der Waals surface area (Å²) in [5.74, 6) is 1.01. The number of phenolic OH excluding ortho intramolecular Hbond substituents is 1. The van der Waals surface area contributed by atoms with Crippen molar-refractivity contribution in [2.24, 2.45) is 0 Å². The zero-order valence-electron chi connectivity index (χ0n) is 10.7. The van der Waals surface area contributed by atoms with Crippen LogP contribution in [-0.2, 0) is 0 Å². The molecule has 0 aliphatic rings. The van der Waals surface area contributed by atoms with Crippen LogP contribution in [0.15, 0.2) is 12.4 Å². The molecule has 1 aromatic heterocycles. The average Bonchev–Trinajstić information content (AvgIpc) is 2.44. The van der Waals surface area contributed by atoms with Crippen LogP contribution in [0.2, 0.25) is 0 Å². The van der Waals surface area contributed by atoms with Crippen LogP contribution in [0.3, 0.4) is 0 Å². The van der Waals surface area contributed by atoms with Gasteiger partial charge in [0.05, 0.1) is 26.2 Å². The Kier molecular flexibility index (Phi) is 3.86. The first-order valence-electron chi connectivity index (χ1n) is 5.66. The minimum absolute atomic E-state index is 0.0230. The van der Waals surface area contributed by atoms with Crippen LogP contribution in [0, 0.1) is 0 Å². The molecule has 1 aromatic carbocycles. The van der Waals surface area contributed by atoms with E-state index in [1.165, 1.54) is 20.5 Å². The number of hydrogen-bond donors (Lipinski definition) is 3. The van der Waals surface area contributed by atoms with Crippen LogP contribution < -0.4 is 14.8 Å². The number of rotatable bonds is 5. The van der Waals surface area contributed by atoms with E-state index in [-0.39, 0.29) is 18.1 Å². The molecule has 0 radical (unpaired) electrons. The molecule has 2 aromatic rings. The lowest BCUT2D eigenvalue weighted by Crippen LogP contribution is -2.07. The first-order chi connectivity index (χ1) is 9.22. The Balaban J connectivity index is 2.65. The average molecular weight is 265 g/mol. The first kappa shape index (κ1) is 13.2. The van der Waals surface area contributed by atoms with Crippen molar-refractivity contribution in [3.05, 3.63) is 12.4 Å². The summed E-state index contributed by atoms with van der Waals surface area (Å²) in [6.45, 7) is 0.325. The number of aliphatic hydroxyl groups excluding tert-OH is 1. The van der Waals surface area contributed by atoms with Gasteiger partial charge in [0, 0.05) is 6.54 Å². The van der Waals surface area contributed by atoms with Gasteiger partial charge in [-0.2, -0.15) is 0 Å². The third kappa shape index (κ3) is 2.32. The Labute approximate surface area is 109 Å². The molecule has 0 saturated heterocycles. The second-order valence-corrected chi connectivity index (χ2v) is 3.73. The highest BCUT2D eigenvalue weighted by molar-refractivity contribution is 5.96. The Bertz CT molecular complexity index is 589. The molecule has 0 bridgehead atoms. The Morgan fingerprint density at radius 2 is 2.05 bits per heavy atom. The molecule has 102 valence electrons. The van der Waals surface area contributed by atoms with E-state index in [1.54, 1.807) is 6.07 Å². The summed E-state index contributed by atoms with van der Waals surface area (Å²) in [7, 11) is 2.92. The fraction of sp³-hybridized carbons (Fsp3) is 0.333. The Morgan fingerprint density at radius 3 is 2.68 bits per heavy atom. The third-order valence-electron chi connectivity index (χ3n) is 2.65. The number of aromatic nitrogens is 2. The summed E-state index contributed by atoms with van der Waals surface area (Å²) >= 11 is 0. The Morgan fingerprint density at radius 1 is 1.26 bits per heavy atom. The molecule has 0 saturated carbocycles. The lowest BCUT2D eigenvalue weighted by atomic mass is 10.2. The number of ether oxygens (including phenoxy) is 2. The smallest absolute Gasteiger partial charge is 0.205 e. The van der Waals surface area contributed by atoms with Crippen LogP contribution in [0.5, 0.6) is 17.2 Å². The SMILES string of the molecule is COc1cc2c(NCCO)ncnc2c(O)c1OC. The van der Waals surface area contributed by atoms with Gasteiger partial charge in [0.25, 0.3) is 0 Å². The largest absolute Gasteiger partial charge is 0.503 e. The number of methoxy groups -OCH3 is 2. The van der Waals surface area contributed by atoms with Crippen LogP contribution in [0.25, 0.3) is 10.9 Å². The van der Waals surface area contributed by atoms with Gasteiger partial charge in [-0.25, -0.2) is 9.97 Å². The molecule has 7 heteroatoms. The minimum atomic E-state index is -0.105. The van der Waals surface area contributed by atoms with Crippen molar-refractivity contribution in [3.63, 3.8) is 0 Å². The molecule has 1 heterocycles. The number of nitrogens with one attached hydrogen (secondary N) is 1. The van der Waals surface area contributed by atoms with Gasteiger partial charge < -0.3 is 25.0 Å². The molecular formula is C12H15N3O4. The van der Waals surface area contributed by atoms with Crippen LogP contribution in [0.1, 0.15) is 0 Å². The standard InChI is InChI=1S/C12H15N3O4/c1-18-8-5-7-9(10(17)11(8)19-2)14-6-15-12(7)13-3-4-16/h5-6,16-17H,3-4H2,1-2H3,(H,13,14,15). The maximum absolute atomic E-state index is 10.1. The van der Waals surface area contributed by atoms with E-state index in [0.29, 0.717) is 29.0 Å². The molecule has 2 rings (SSSR count). The Hall–Kier alpha value is -2.28. The molecule has 0 unspecified atom stereocenters. The van der Waals surface area contributed by atoms with Crippen LogP contribution in [0.4, 0.5) is 5.82 Å². The number of aliphatic hydroxyl groups is 1. The molecule has 0 fully saturated rings. The van der Waals surface area contributed by atoms with Crippen molar-refractivity contribution in [2.75, 3.05) is 32.7 Å². The van der Waals surface area contributed by atoms with Crippen molar-refractivity contribution in [1.29, 1.82) is 0 Å². The van der Waals surface area contributed by atoms with Crippen molar-refractivity contribution >= 4 is 16.7 Å². The second kappa shape index (κ2) is 5.57. The minimum Gasteiger partial charge on any atom is -0.503 e. The van der Waals surface area contributed by atoms with Gasteiger partial charge in [-0.1, -0.05) is 0 Å². The number of aromatic hydroxyl groups is 1. The third-order valence-corrected chi connectivity index (χ3v) is 2.65. The topological polar surface area (TPSA) is 96.7 Å². The van der Waals surface area contributed by atoms with E-state index in [9.17, 15) is 5.11 Å². The maximum atomic E-state index is 10.1. The highest BCUT2D eigenvalue weighted by Crippen LogP contribution is 2.42. The van der Waals surface area contributed by atoms with Crippen molar-refractivity contribution < 1.29 is 19.7 Å². The second-order valence-electron chi connectivity index (χ2n) is 3.73.